The van der Waals surface area contributed by atoms with Crippen molar-refractivity contribution in [3.8, 4) is 56.0 Å². The van der Waals surface area contributed by atoms with Crippen molar-refractivity contribution in [1.29, 1.82) is 0 Å². The van der Waals surface area contributed by atoms with E-state index >= 15 is 0 Å². The number of hydrogen-bond donors (Lipinski definition) is 0. The molecule has 10 aromatic carbocycles. The predicted octanol–water partition coefficient (Wildman–Crippen LogP) is 17.0. The molecule has 0 aliphatic carbocycles. The van der Waals surface area contributed by atoms with Crippen LogP contribution >= 0.6 is 22.7 Å². The minimum atomic E-state index is 0.719. The summed E-state index contributed by atoms with van der Waals surface area (Å²) in [6, 6.07) is 75.1. The van der Waals surface area contributed by atoms with E-state index < -0.39 is 0 Å². The zero-order valence-electron chi connectivity index (χ0n) is 33.3. The van der Waals surface area contributed by atoms with Crippen molar-refractivity contribution in [2.24, 2.45) is 0 Å². The van der Waals surface area contributed by atoms with Gasteiger partial charge in [0.2, 0.25) is 0 Å². The van der Waals surface area contributed by atoms with E-state index in [-0.39, 0.29) is 0 Å². The van der Waals surface area contributed by atoms with Crippen molar-refractivity contribution >= 4 is 95.5 Å². The molecule has 0 radical (unpaired) electrons. The summed E-state index contributed by atoms with van der Waals surface area (Å²) in [5.41, 5.74) is 10.0. The standard InChI is InChI=1S/C58H34N2S2/c1-2-13-37(14-3-1)55-54-50-20-9-11-24-53(50)62-58(54)60-57(59-55)41-32-39(35-25-27-36(28-26-35)42-21-12-22-49-48-19-8-10-23-52(48)61-56(42)49)31-40(33-41)38-29-30-47-45-17-5-4-15-43(45)44-16-6-7-18-46(44)51(47)34-38/h1-34H. The quantitative estimate of drug-likeness (QED) is 0.162. The lowest BCUT2D eigenvalue weighted by atomic mass is 9.90. The Morgan fingerprint density at radius 1 is 0.290 bits per heavy atom. The highest BCUT2D eigenvalue weighted by atomic mass is 32.1. The van der Waals surface area contributed by atoms with Crippen LogP contribution < -0.4 is 0 Å². The van der Waals surface area contributed by atoms with Crippen LogP contribution in [0.1, 0.15) is 0 Å². The molecule has 3 aromatic heterocycles. The smallest absolute Gasteiger partial charge is 0.161 e. The van der Waals surface area contributed by atoms with E-state index in [0.717, 1.165) is 55.1 Å². The van der Waals surface area contributed by atoms with Gasteiger partial charge < -0.3 is 0 Å². The second kappa shape index (κ2) is 14.0. The average Bonchev–Trinajstić information content (AvgIpc) is 3.93. The molecule has 0 N–H and O–H groups in total. The lowest BCUT2D eigenvalue weighted by Gasteiger charge is -2.14. The number of nitrogens with zero attached hydrogens (tertiary/aromatic N) is 2. The van der Waals surface area contributed by atoms with Gasteiger partial charge in [-0.3, -0.25) is 0 Å². The molecule has 0 aliphatic heterocycles. The summed E-state index contributed by atoms with van der Waals surface area (Å²) < 4.78 is 3.85. The molecule has 13 rings (SSSR count). The van der Waals surface area contributed by atoms with E-state index in [1.54, 1.807) is 11.3 Å². The summed E-state index contributed by atoms with van der Waals surface area (Å²) in [5.74, 6) is 0.719. The molecule has 0 saturated carbocycles. The number of rotatable bonds is 5. The van der Waals surface area contributed by atoms with Gasteiger partial charge in [0.1, 0.15) is 4.83 Å². The second-order valence-electron chi connectivity index (χ2n) is 16.0. The third-order valence-electron chi connectivity index (χ3n) is 12.5. The topological polar surface area (TPSA) is 25.8 Å². The monoisotopic (exact) mass is 822 g/mol. The Kier molecular flexibility index (Phi) is 7.99. The SMILES string of the molecule is c1ccc(-c2nc(-c3cc(-c4ccc(-c5cccc6c5sc5ccccc56)cc4)cc(-c4ccc5c6ccccc6c6ccccc6c5c4)c3)nc3sc4ccccc4c23)cc1. The molecule has 4 heteroatoms. The first-order valence-corrected chi connectivity index (χ1v) is 22.6. The Balaban J connectivity index is 1.02. The van der Waals surface area contributed by atoms with Crippen LogP contribution in [0.3, 0.4) is 0 Å². The number of fused-ring (bicyclic) bond motifs is 12. The highest BCUT2D eigenvalue weighted by molar-refractivity contribution is 7.26. The summed E-state index contributed by atoms with van der Waals surface area (Å²) >= 11 is 3.61. The molecular weight excluding hydrogens is 789 g/mol. The summed E-state index contributed by atoms with van der Waals surface area (Å²) in [4.78, 5) is 11.8. The summed E-state index contributed by atoms with van der Waals surface area (Å²) in [7, 11) is 0. The first-order valence-electron chi connectivity index (χ1n) is 21.0. The van der Waals surface area contributed by atoms with Crippen LogP contribution in [-0.2, 0) is 0 Å². The highest BCUT2D eigenvalue weighted by Gasteiger charge is 2.19. The van der Waals surface area contributed by atoms with Gasteiger partial charge in [-0.15, -0.1) is 22.7 Å². The van der Waals surface area contributed by atoms with Gasteiger partial charge in [-0.25, -0.2) is 9.97 Å². The zero-order valence-corrected chi connectivity index (χ0v) is 35.0. The third kappa shape index (κ3) is 5.61. The van der Waals surface area contributed by atoms with E-state index in [1.165, 1.54) is 73.7 Å². The molecule has 0 amide bonds. The van der Waals surface area contributed by atoms with Crippen LogP contribution in [-0.4, -0.2) is 9.97 Å². The van der Waals surface area contributed by atoms with Gasteiger partial charge in [-0.1, -0.05) is 170 Å². The lowest BCUT2D eigenvalue weighted by Crippen LogP contribution is -1.95. The number of thiophene rings is 2. The van der Waals surface area contributed by atoms with E-state index in [0.29, 0.717) is 0 Å². The Bertz CT molecular complexity index is 3880. The summed E-state index contributed by atoms with van der Waals surface area (Å²) in [6.07, 6.45) is 0. The van der Waals surface area contributed by atoms with Gasteiger partial charge in [-0.2, -0.15) is 0 Å². The van der Waals surface area contributed by atoms with Crippen LogP contribution in [0.15, 0.2) is 206 Å². The van der Waals surface area contributed by atoms with E-state index in [1.807, 2.05) is 11.3 Å². The van der Waals surface area contributed by atoms with Gasteiger partial charge in [-0.05, 0) is 102 Å². The molecule has 2 nitrogen and oxygen atoms in total. The molecule has 0 bridgehead atoms. The Hall–Kier alpha value is -7.50. The average molecular weight is 823 g/mol. The minimum absolute atomic E-state index is 0.719. The highest BCUT2D eigenvalue weighted by Crippen LogP contribution is 2.44. The van der Waals surface area contributed by atoms with Gasteiger partial charge in [0.15, 0.2) is 5.82 Å². The van der Waals surface area contributed by atoms with Crippen molar-refractivity contribution in [2.75, 3.05) is 0 Å². The largest absolute Gasteiger partial charge is 0.227 e. The van der Waals surface area contributed by atoms with Gasteiger partial charge in [0.05, 0.1) is 5.69 Å². The fourth-order valence-corrected chi connectivity index (χ4v) is 11.9. The van der Waals surface area contributed by atoms with Crippen LogP contribution in [0, 0.1) is 0 Å². The number of hydrogen-bond acceptors (Lipinski definition) is 4. The normalized spacial score (nSPS) is 11.9. The van der Waals surface area contributed by atoms with E-state index in [2.05, 4.69) is 206 Å². The Morgan fingerprint density at radius 2 is 0.823 bits per heavy atom. The fourth-order valence-electron chi connectivity index (χ4n) is 9.55. The molecule has 62 heavy (non-hydrogen) atoms. The molecule has 0 spiro atoms. The van der Waals surface area contributed by atoms with Crippen molar-refractivity contribution in [3.63, 3.8) is 0 Å². The molecule has 0 fully saturated rings. The van der Waals surface area contributed by atoms with Gasteiger partial charge in [0, 0.05) is 46.8 Å². The maximum absolute atomic E-state index is 5.46. The molecule has 0 aliphatic rings. The molecule has 13 aromatic rings. The molecular formula is C58H34N2S2. The predicted molar refractivity (Wildman–Crippen MR) is 268 cm³/mol. The third-order valence-corrected chi connectivity index (χ3v) is 14.8. The van der Waals surface area contributed by atoms with Gasteiger partial charge in [0.25, 0.3) is 0 Å². The molecule has 0 unspecified atom stereocenters. The molecule has 0 atom stereocenters. The van der Waals surface area contributed by atoms with Crippen molar-refractivity contribution < 1.29 is 0 Å². The molecule has 3 heterocycles. The minimum Gasteiger partial charge on any atom is -0.227 e. The maximum atomic E-state index is 5.46. The number of aromatic nitrogens is 2. The van der Waals surface area contributed by atoms with Gasteiger partial charge >= 0.3 is 0 Å². The van der Waals surface area contributed by atoms with E-state index in [9.17, 15) is 0 Å². The van der Waals surface area contributed by atoms with Crippen LogP contribution in [0.5, 0.6) is 0 Å². The van der Waals surface area contributed by atoms with Crippen molar-refractivity contribution in [1.82, 2.24) is 9.97 Å². The maximum Gasteiger partial charge on any atom is 0.161 e. The number of benzene rings is 10. The first-order chi connectivity index (χ1) is 30.7. The Morgan fingerprint density at radius 3 is 1.55 bits per heavy atom. The van der Waals surface area contributed by atoms with Crippen LogP contribution in [0.4, 0.5) is 0 Å². The van der Waals surface area contributed by atoms with Crippen LogP contribution in [0.2, 0.25) is 0 Å². The van der Waals surface area contributed by atoms with Crippen molar-refractivity contribution in [3.05, 3.63) is 206 Å². The van der Waals surface area contributed by atoms with Crippen LogP contribution in [0.25, 0.3) is 129 Å². The molecule has 0 saturated heterocycles. The van der Waals surface area contributed by atoms with E-state index in [4.69, 9.17) is 9.97 Å². The fraction of sp³-hybridized carbons (Fsp3) is 0. The first kappa shape index (κ1) is 35.3. The van der Waals surface area contributed by atoms with Crippen molar-refractivity contribution in [2.45, 2.75) is 0 Å². The lowest BCUT2D eigenvalue weighted by molar-refractivity contribution is 1.24. The Labute approximate surface area is 365 Å². The second-order valence-corrected chi connectivity index (χ2v) is 18.1. The summed E-state index contributed by atoms with van der Waals surface area (Å²) in [6.45, 7) is 0. The zero-order chi connectivity index (χ0) is 40.7. The summed E-state index contributed by atoms with van der Waals surface area (Å²) in [5, 5.41) is 12.5. The molecule has 288 valence electrons.